The number of ketones is 1. The highest BCUT2D eigenvalue weighted by Crippen LogP contribution is 2.28. The van der Waals surface area contributed by atoms with Crippen LogP contribution in [-0.4, -0.2) is 12.9 Å². The number of carbonyl (C=O) groups excluding carboxylic acids is 1. The molecular weight excluding hydrogens is 226 g/mol. The number of nitriles is 1. The summed E-state index contributed by atoms with van der Waals surface area (Å²) in [6, 6.07) is 9.72. The van der Waals surface area contributed by atoms with Gasteiger partial charge in [-0.25, -0.2) is 0 Å². The van der Waals surface area contributed by atoms with Crippen LogP contribution in [0.3, 0.4) is 0 Å². The third-order valence-corrected chi connectivity index (χ3v) is 3.04. The zero-order valence-electron chi connectivity index (χ0n) is 11.1. The van der Waals surface area contributed by atoms with Crippen molar-refractivity contribution in [2.75, 3.05) is 7.11 Å². The van der Waals surface area contributed by atoms with Crippen molar-refractivity contribution < 1.29 is 9.53 Å². The van der Waals surface area contributed by atoms with Crippen molar-refractivity contribution in [3.8, 4) is 11.8 Å². The van der Waals surface area contributed by atoms with Gasteiger partial charge in [-0.05, 0) is 31.0 Å². The monoisotopic (exact) mass is 245 g/mol. The Hall–Kier alpha value is -1.82. The fourth-order valence-electron chi connectivity index (χ4n) is 1.96. The van der Waals surface area contributed by atoms with Crippen LogP contribution in [0, 0.1) is 17.2 Å². The summed E-state index contributed by atoms with van der Waals surface area (Å²) in [7, 11) is 1.60. The highest BCUT2D eigenvalue weighted by atomic mass is 16.5. The molecule has 0 saturated carbocycles. The van der Waals surface area contributed by atoms with Gasteiger partial charge in [0.05, 0.1) is 13.2 Å². The normalized spacial score (nSPS) is 13.4. The maximum atomic E-state index is 12.0. The van der Waals surface area contributed by atoms with Gasteiger partial charge in [-0.1, -0.05) is 19.1 Å². The van der Waals surface area contributed by atoms with Gasteiger partial charge in [-0.2, -0.15) is 5.26 Å². The molecule has 1 aromatic rings. The first-order chi connectivity index (χ1) is 8.62. The minimum atomic E-state index is -0.209. The van der Waals surface area contributed by atoms with Crippen LogP contribution in [-0.2, 0) is 4.79 Å². The van der Waals surface area contributed by atoms with Gasteiger partial charge in [0, 0.05) is 18.3 Å². The Morgan fingerprint density at radius 3 is 2.78 bits per heavy atom. The number of methoxy groups -OCH3 is 1. The summed E-state index contributed by atoms with van der Waals surface area (Å²) < 4.78 is 5.17. The van der Waals surface area contributed by atoms with E-state index in [-0.39, 0.29) is 17.6 Å². The number of hydrogen-bond donors (Lipinski definition) is 0. The van der Waals surface area contributed by atoms with Crippen LogP contribution in [0.1, 0.15) is 38.2 Å². The number of ether oxygens (including phenoxy) is 1. The van der Waals surface area contributed by atoms with Gasteiger partial charge in [-0.3, -0.25) is 4.79 Å². The molecule has 96 valence electrons. The van der Waals surface area contributed by atoms with E-state index in [0.717, 1.165) is 11.3 Å². The molecule has 0 aliphatic heterocycles. The molecule has 0 saturated heterocycles. The summed E-state index contributed by atoms with van der Waals surface area (Å²) >= 11 is 0. The Balaban J connectivity index is 3.01. The lowest BCUT2D eigenvalue weighted by Gasteiger charge is -2.17. The van der Waals surface area contributed by atoms with E-state index in [1.54, 1.807) is 7.11 Å². The smallest absolute Gasteiger partial charge is 0.140 e. The molecule has 0 amide bonds. The molecule has 0 bridgehead atoms. The molecule has 0 heterocycles. The first-order valence-corrected chi connectivity index (χ1v) is 6.18. The first-order valence-electron chi connectivity index (χ1n) is 6.18. The van der Waals surface area contributed by atoms with Crippen molar-refractivity contribution in [2.45, 2.75) is 32.6 Å². The summed E-state index contributed by atoms with van der Waals surface area (Å²) in [6.45, 7) is 3.70. The molecule has 3 nitrogen and oxygen atoms in total. The molecule has 2 unspecified atom stereocenters. The first kappa shape index (κ1) is 14.2. The average Bonchev–Trinajstić information content (AvgIpc) is 2.43. The molecule has 18 heavy (non-hydrogen) atoms. The minimum Gasteiger partial charge on any atom is -0.497 e. The van der Waals surface area contributed by atoms with Crippen molar-refractivity contribution in [3.05, 3.63) is 29.8 Å². The van der Waals surface area contributed by atoms with Crippen LogP contribution in [0.4, 0.5) is 0 Å². The van der Waals surface area contributed by atoms with Gasteiger partial charge in [-0.15, -0.1) is 0 Å². The van der Waals surface area contributed by atoms with E-state index in [2.05, 4.69) is 6.07 Å². The molecule has 0 aromatic heterocycles. The van der Waals surface area contributed by atoms with Crippen LogP contribution in [0.2, 0.25) is 0 Å². The van der Waals surface area contributed by atoms with E-state index in [4.69, 9.17) is 10.00 Å². The lowest BCUT2D eigenvalue weighted by atomic mass is 9.86. The Bertz CT molecular complexity index is 448. The van der Waals surface area contributed by atoms with Crippen molar-refractivity contribution in [3.63, 3.8) is 0 Å². The van der Waals surface area contributed by atoms with Gasteiger partial charge < -0.3 is 4.74 Å². The van der Waals surface area contributed by atoms with Crippen molar-refractivity contribution >= 4 is 5.78 Å². The van der Waals surface area contributed by atoms with Gasteiger partial charge in [0.25, 0.3) is 0 Å². The predicted molar refractivity (Wildman–Crippen MR) is 70.4 cm³/mol. The highest BCUT2D eigenvalue weighted by molar-refractivity contribution is 5.85. The molecule has 1 aromatic carbocycles. The molecule has 0 aliphatic rings. The zero-order chi connectivity index (χ0) is 13.5. The number of nitrogens with zero attached hydrogens (tertiary/aromatic N) is 1. The molecule has 0 fully saturated rings. The number of rotatable bonds is 6. The maximum Gasteiger partial charge on any atom is 0.140 e. The number of hydrogen-bond acceptors (Lipinski definition) is 3. The van der Waals surface area contributed by atoms with E-state index in [9.17, 15) is 4.79 Å². The maximum absolute atomic E-state index is 12.0. The number of Topliss-reactive ketones (excluding diaryl/α,β-unsaturated/α-hetero) is 1. The summed E-state index contributed by atoms with van der Waals surface area (Å²) in [5.41, 5.74) is 0.934. The Kier molecular flexibility index (Phi) is 5.38. The van der Waals surface area contributed by atoms with Gasteiger partial charge in [0.2, 0.25) is 0 Å². The lowest BCUT2D eigenvalue weighted by Crippen LogP contribution is -2.14. The molecule has 0 radical (unpaired) electrons. The van der Waals surface area contributed by atoms with Gasteiger partial charge >= 0.3 is 0 Å². The standard InChI is InChI=1S/C15H19NO2/c1-4-15(17)14(8-11(2)10-16)12-6-5-7-13(9-12)18-3/h5-7,9,11,14H,4,8H2,1-3H3. The molecule has 0 spiro atoms. The second-order valence-electron chi connectivity index (χ2n) is 4.41. The van der Waals surface area contributed by atoms with Crippen molar-refractivity contribution in [1.29, 1.82) is 5.26 Å². The quantitative estimate of drug-likeness (QED) is 0.772. The fourth-order valence-corrected chi connectivity index (χ4v) is 1.96. The molecule has 3 heteroatoms. The van der Waals surface area contributed by atoms with Crippen LogP contribution in [0.15, 0.2) is 24.3 Å². The van der Waals surface area contributed by atoms with Crippen LogP contribution < -0.4 is 4.74 Å². The third-order valence-electron chi connectivity index (χ3n) is 3.04. The lowest BCUT2D eigenvalue weighted by molar-refractivity contribution is -0.120. The fraction of sp³-hybridized carbons (Fsp3) is 0.467. The van der Waals surface area contributed by atoms with E-state index >= 15 is 0 Å². The zero-order valence-corrected chi connectivity index (χ0v) is 11.1. The van der Waals surface area contributed by atoms with Gasteiger partial charge in [0.1, 0.15) is 11.5 Å². The Morgan fingerprint density at radius 2 is 2.22 bits per heavy atom. The molecule has 2 atom stereocenters. The molecular formula is C15H19NO2. The highest BCUT2D eigenvalue weighted by Gasteiger charge is 2.21. The van der Waals surface area contributed by atoms with Crippen molar-refractivity contribution in [2.24, 2.45) is 5.92 Å². The van der Waals surface area contributed by atoms with Crippen LogP contribution in [0.5, 0.6) is 5.75 Å². The topological polar surface area (TPSA) is 50.1 Å². The molecule has 0 N–H and O–H groups in total. The third kappa shape index (κ3) is 3.59. The van der Waals surface area contributed by atoms with Crippen LogP contribution >= 0.6 is 0 Å². The molecule has 1 rings (SSSR count). The van der Waals surface area contributed by atoms with E-state index in [0.29, 0.717) is 12.8 Å². The van der Waals surface area contributed by atoms with E-state index in [1.165, 1.54) is 0 Å². The largest absolute Gasteiger partial charge is 0.497 e. The summed E-state index contributed by atoms with van der Waals surface area (Å²) in [4.78, 5) is 12.0. The number of benzene rings is 1. The molecule has 0 aliphatic carbocycles. The SMILES string of the molecule is CCC(=O)C(CC(C)C#N)c1cccc(OC)c1. The van der Waals surface area contributed by atoms with Crippen molar-refractivity contribution in [1.82, 2.24) is 0 Å². The van der Waals surface area contributed by atoms with E-state index in [1.807, 2.05) is 38.1 Å². The average molecular weight is 245 g/mol. The minimum absolute atomic E-state index is 0.128. The summed E-state index contributed by atoms with van der Waals surface area (Å²) in [5, 5.41) is 8.90. The summed E-state index contributed by atoms with van der Waals surface area (Å²) in [5.74, 6) is 0.577. The second kappa shape index (κ2) is 6.80. The second-order valence-corrected chi connectivity index (χ2v) is 4.41. The Labute approximate surface area is 108 Å². The van der Waals surface area contributed by atoms with E-state index < -0.39 is 0 Å². The predicted octanol–water partition coefficient (Wildman–Crippen LogP) is 3.31. The summed E-state index contributed by atoms with van der Waals surface area (Å²) in [6.07, 6.45) is 1.05. The Morgan fingerprint density at radius 1 is 1.50 bits per heavy atom. The van der Waals surface area contributed by atoms with Crippen LogP contribution in [0.25, 0.3) is 0 Å². The number of carbonyl (C=O) groups is 1. The van der Waals surface area contributed by atoms with Gasteiger partial charge in [0.15, 0.2) is 0 Å².